The lowest BCUT2D eigenvalue weighted by Gasteiger charge is -1.98. The van der Waals surface area contributed by atoms with Crippen molar-refractivity contribution in [1.29, 1.82) is 0 Å². The highest BCUT2D eigenvalue weighted by Gasteiger charge is 2.11. The van der Waals surface area contributed by atoms with Gasteiger partial charge < -0.3 is 4.42 Å². The van der Waals surface area contributed by atoms with Gasteiger partial charge in [-0.05, 0) is 26.0 Å². The second-order valence-electron chi connectivity index (χ2n) is 3.84. The maximum absolute atomic E-state index is 13.0. The molecule has 0 unspecified atom stereocenters. The van der Waals surface area contributed by atoms with Crippen LogP contribution in [0.5, 0.6) is 0 Å². The highest BCUT2D eigenvalue weighted by molar-refractivity contribution is 7.99. The smallest absolute Gasteiger partial charge is 0.256 e. The first-order chi connectivity index (χ1) is 8.56. The first-order valence-corrected chi connectivity index (χ1v) is 6.40. The number of carbonyl (C=O) groups excluding carboxylic acids is 1. The lowest BCUT2D eigenvalue weighted by molar-refractivity contribution is 0.102. The Bertz CT molecular complexity index is 561. The lowest BCUT2D eigenvalue weighted by atomic mass is 10.1. The van der Waals surface area contributed by atoms with Gasteiger partial charge in [-0.3, -0.25) is 4.79 Å². The van der Waals surface area contributed by atoms with Crippen LogP contribution >= 0.6 is 11.8 Å². The van der Waals surface area contributed by atoms with Crippen molar-refractivity contribution >= 4 is 17.5 Å². The van der Waals surface area contributed by atoms with Crippen molar-refractivity contribution in [3.63, 3.8) is 0 Å². The molecule has 0 aliphatic rings. The number of halogens is 1. The summed E-state index contributed by atoms with van der Waals surface area (Å²) in [6.07, 6.45) is 0. The number of ketones is 1. The number of carbonyl (C=O) groups is 1. The number of thioether (sulfide) groups is 1. The average molecular weight is 265 g/mol. The fourth-order valence-corrected chi connectivity index (χ4v) is 2.18. The van der Waals surface area contributed by atoms with Crippen molar-refractivity contribution in [2.45, 2.75) is 19.1 Å². The molecule has 0 N–H and O–H groups in total. The summed E-state index contributed by atoms with van der Waals surface area (Å²) in [7, 11) is 0. The van der Waals surface area contributed by atoms with Crippen LogP contribution in [0.4, 0.5) is 4.39 Å². The molecule has 1 heterocycles. The van der Waals surface area contributed by atoms with Crippen molar-refractivity contribution in [3.8, 4) is 0 Å². The standard InChI is InChI=1S/C13H12FNO2S/c1-8-9(2)17-13(15-8)18-7-12(16)10-4-3-5-11(14)6-10/h3-6H,7H2,1-2H3. The van der Waals surface area contributed by atoms with E-state index in [9.17, 15) is 9.18 Å². The number of aromatic nitrogens is 1. The Hall–Kier alpha value is -1.62. The molecule has 0 atom stereocenters. The van der Waals surface area contributed by atoms with Crippen LogP contribution in [0, 0.1) is 19.7 Å². The van der Waals surface area contributed by atoms with E-state index in [4.69, 9.17) is 4.42 Å². The maximum atomic E-state index is 13.0. The van der Waals surface area contributed by atoms with Gasteiger partial charge in [0.15, 0.2) is 5.78 Å². The molecule has 2 aromatic rings. The molecule has 0 amide bonds. The van der Waals surface area contributed by atoms with Gasteiger partial charge in [-0.2, -0.15) is 0 Å². The van der Waals surface area contributed by atoms with Gasteiger partial charge in [-0.15, -0.1) is 0 Å². The van der Waals surface area contributed by atoms with Crippen LogP contribution in [0.2, 0.25) is 0 Å². The molecule has 0 saturated carbocycles. The Morgan fingerprint density at radius 1 is 1.44 bits per heavy atom. The summed E-state index contributed by atoms with van der Waals surface area (Å²) in [5.74, 6) is 0.375. The first kappa shape index (κ1) is 12.8. The summed E-state index contributed by atoms with van der Waals surface area (Å²) in [6, 6.07) is 5.66. The maximum Gasteiger partial charge on any atom is 0.256 e. The van der Waals surface area contributed by atoms with Gasteiger partial charge in [0.05, 0.1) is 11.4 Å². The highest BCUT2D eigenvalue weighted by atomic mass is 32.2. The fourth-order valence-electron chi connectivity index (χ4n) is 1.38. The molecule has 3 nitrogen and oxygen atoms in total. The predicted molar refractivity (Wildman–Crippen MR) is 67.4 cm³/mol. The van der Waals surface area contributed by atoms with Gasteiger partial charge >= 0.3 is 0 Å². The highest BCUT2D eigenvalue weighted by Crippen LogP contribution is 2.21. The molecule has 0 aliphatic heterocycles. The van der Waals surface area contributed by atoms with Gasteiger partial charge in [-0.25, -0.2) is 9.37 Å². The molecule has 0 saturated heterocycles. The summed E-state index contributed by atoms with van der Waals surface area (Å²) in [6.45, 7) is 3.66. The van der Waals surface area contributed by atoms with Crippen LogP contribution < -0.4 is 0 Å². The summed E-state index contributed by atoms with van der Waals surface area (Å²) in [5, 5.41) is 0.467. The van der Waals surface area contributed by atoms with Gasteiger partial charge in [0.25, 0.3) is 5.22 Å². The quantitative estimate of drug-likeness (QED) is 0.627. The molecule has 94 valence electrons. The summed E-state index contributed by atoms with van der Waals surface area (Å²) in [5.41, 5.74) is 1.18. The van der Waals surface area contributed by atoms with Crippen LogP contribution in [-0.4, -0.2) is 16.5 Å². The van der Waals surface area contributed by atoms with Crippen molar-refractivity contribution < 1.29 is 13.6 Å². The lowest BCUT2D eigenvalue weighted by Crippen LogP contribution is -2.02. The number of benzene rings is 1. The minimum atomic E-state index is -0.409. The SMILES string of the molecule is Cc1nc(SCC(=O)c2cccc(F)c2)oc1C. The van der Waals surface area contributed by atoms with Gasteiger partial charge in [-0.1, -0.05) is 23.9 Å². The molecule has 1 aromatic heterocycles. The minimum Gasteiger partial charge on any atom is -0.437 e. The Morgan fingerprint density at radius 3 is 2.83 bits per heavy atom. The number of nitrogens with zero attached hydrogens (tertiary/aromatic N) is 1. The Balaban J connectivity index is 2.00. The summed E-state index contributed by atoms with van der Waals surface area (Å²) >= 11 is 1.21. The van der Waals surface area contributed by atoms with E-state index < -0.39 is 5.82 Å². The largest absolute Gasteiger partial charge is 0.437 e. The third-order valence-electron chi connectivity index (χ3n) is 2.48. The van der Waals surface area contributed by atoms with E-state index in [1.807, 2.05) is 13.8 Å². The second-order valence-corrected chi connectivity index (χ2v) is 4.77. The Labute approximate surface area is 108 Å². The van der Waals surface area contributed by atoms with E-state index in [1.54, 1.807) is 6.07 Å². The summed E-state index contributed by atoms with van der Waals surface area (Å²) < 4.78 is 18.3. The van der Waals surface area contributed by atoms with Crippen LogP contribution in [0.25, 0.3) is 0 Å². The number of aryl methyl sites for hydroxylation is 2. The number of rotatable bonds is 4. The monoisotopic (exact) mass is 265 g/mol. The molecule has 5 heteroatoms. The van der Waals surface area contributed by atoms with E-state index in [-0.39, 0.29) is 11.5 Å². The third kappa shape index (κ3) is 2.98. The van der Waals surface area contributed by atoms with Crippen LogP contribution in [0.1, 0.15) is 21.8 Å². The molecular weight excluding hydrogens is 253 g/mol. The van der Waals surface area contributed by atoms with Crippen LogP contribution in [0.15, 0.2) is 33.9 Å². The Kier molecular flexibility index (Phi) is 3.81. The predicted octanol–water partition coefficient (Wildman–Crippen LogP) is 3.41. The van der Waals surface area contributed by atoms with Gasteiger partial charge in [0.1, 0.15) is 11.6 Å². The average Bonchev–Trinajstić information content (AvgIpc) is 2.66. The molecule has 0 bridgehead atoms. The van der Waals surface area contributed by atoms with E-state index in [0.717, 1.165) is 11.5 Å². The molecule has 18 heavy (non-hydrogen) atoms. The van der Waals surface area contributed by atoms with Crippen molar-refractivity contribution in [3.05, 3.63) is 47.1 Å². The van der Waals surface area contributed by atoms with Crippen LogP contribution in [-0.2, 0) is 0 Å². The molecule has 0 spiro atoms. The molecule has 0 radical (unpaired) electrons. The minimum absolute atomic E-state index is 0.145. The summed E-state index contributed by atoms with van der Waals surface area (Å²) in [4.78, 5) is 16.0. The Morgan fingerprint density at radius 2 is 2.22 bits per heavy atom. The number of hydrogen-bond donors (Lipinski definition) is 0. The van der Waals surface area contributed by atoms with E-state index in [2.05, 4.69) is 4.98 Å². The topological polar surface area (TPSA) is 43.1 Å². The molecule has 0 aliphatic carbocycles. The number of oxazole rings is 1. The molecular formula is C13H12FNO2S. The first-order valence-electron chi connectivity index (χ1n) is 5.42. The second kappa shape index (κ2) is 5.35. The van der Waals surface area contributed by atoms with Crippen molar-refractivity contribution in [1.82, 2.24) is 4.98 Å². The zero-order valence-corrected chi connectivity index (χ0v) is 10.9. The van der Waals surface area contributed by atoms with E-state index in [0.29, 0.717) is 10.8 Å². The zero-order valence-electron chi connectivity index (χ0n) is 10.1. The third-order valence-corrected chi connectivity index (χ3v) is 3.31. The van der Waals surface area contributed by atoms with Gasteiger partial charge in [0.2, 0.25) is 0 Å². The van der Waals surface area contributed by atoms with E-state index >= 15 is 0 Å². The number of Topliss-reactive ketones (excluding diaryl/α,β-unsaturated/α-hetero) is 1. The van der Waals surface area contributed by atoms with E-state index in [1.165, 1.54) is 30.0 Å². The fraction of sp³-hybridized carbons (Fsp3) is 0.231. The van der Waals surface area contributed by atoms with Crippen LogP contribution in [0.3, 0.4) is 0 Å². The number of hydrogen-bond acceptors (Lipinski definition) is 4. The molecule has 0 fully saturated rings. The molecule has 2 rings (SSSR count). The zero-order chi connectivity index (χ0) is 13.1. The van der Waals surface area contributed by atoms with Gasteiger partial charge in [0, 0.05) is 5.56 Å². The normalized spacial score (nSPS) is 10.6. The van der Waals surface area contributed by atoms with Crippen molar-refractivity contribution in [2.24, 2.45) is 0 Å². The molecule has 1 aromatic carbocycles. The van der Waals surface area contributed by atoms with Crippen molar-refractivity contribution in [2.75, 3.05) is 5.75 Å².